The van der Waals surface area contributed by atoms with Crippen molar-refractivity contribution in [3.8, 4) is 0 Å². The van der Waals surface area contributed by atoms with Gasteiger partial charge in [-0.1, -0.05) is 12.7 Å². The summed E-state index contributed by atoms with van der Waals surface area (Å²) in [6.07, 6.45) is 1.61. The Hall–Kier alpha value is -1.05. The number of hydrogen-bond donors (Lipinski definition) is 1. The molecule has 2 aliphatic rings. The maximum absolute atomic E-state index is 12.3. The Bertz CT molecular complexity index is 484. The zero-order valence-corrected chi connectivity index (χ0v) is 13.1. The molecule has 0 spiro atoms. The highest BCUT2D eigenvalue weighted by molar-refractivity contribution is 8.00. The van der Waals surface area contributed by atoms with Gasteiger partial charge in [0.2, 0.25) is 14.2 Å². The Labute approximate surface area is 118 Å². The minimum Gasteiger partial charge on any atom is -0.515 e. The number of rotatable bonds is 3. The van der Waals surface area contributed by atoms with Gasteiger partial charge in [0.1, 0.15) is 17.1 Å². The van der Waals surface area contributed by atoms with E-state index in [2.05, 4.69) is 6.58 Å². The Morgan fingerprint density at radius 2 is 2.21 bits per heavy atom. The first kappa shape index (κ1) is 14.4. The van der Waals surface area contributed by atoms with Crippen LogP contribution >= 0.6 is 11.8 Å². The normalized spacial score (nSPS) is 26.7. The van der Waals surface area contributed by atoms with Crippen LogP contribution in [0.1, 0.15) is 0 Å². The molecule has 1 unspecified atom stereocenters. The Balaban J connectivity index is 2.33. The number of amides is 1. The summed E-state index contributed by atoms with van der Waals surface area (Å²) in [5.41, 5.74) is 6.82. The minimum atomic E-state index is -2.01. The Morgan fingerprint density at radius 3 is 2.74 bits per heavy atom. The third kappa shape index (κ3) is 2.50. The molecule has 2 N–H and O–H groups in total. The van der Waals surface area contributed by atoms with E-state index in [0.29, 0.717) is 11.4 Å². The predicted molar refractivity (Wildman–Crippen MR) is 77.7 cm³/mol. The zero-order valence-electron chi connectivity index (χ0n) is 11.3. The summed E-state index contributed by atoms with van der Waals surface area (Å²) in [6, 6.07) is -0.522. The molecule has 2 aliphatic heterocycles. The number of allylic oxidation sites excluding steroid dienone is 1. The molecule has 0 bridgehead atoms. The fourth-order valence-electron chi connectivity index (χ4n) is 2.01. The van der Waals surface area contributed by atoms with Crippen molar-refractivity contribution in [1.29, 1.82) is 0 Å². The molecule has 2 atom stereocenters. The molecule has 2 heterocycles. The van der Waals surface area contributed by atoms with E-state index in [1.54, 1.807) is 17.8 Å². The topological polar surface area (TPSA) is 72.6 Å². The van der Waals surface area contributed by atoms with Crippen LogP contribution in [0.15, 0.2) is 23.9 Å². The van der Waals surface area contributed by atoms with Crippen LogP contribution in [0.2, 0.25) is 19.6 Å². The van der Waals surface area contributed by atoms with Crippen molar-refractivity contribution in [3.63, 3.8) is 0 Å². The number of β-lactam (4-membered cyclic amide) rings is 1. The number of carbonyl (C=O) groups is 2. The molecule has 1 amide bonds. The molecule has 0 aromatic carbocycles. The lowest BCUT2D eigenvalue weighted by Gasteiger charge is -2.48. The SMILES string of the molecule is C=CC1=C(C(=O)O[Si](C)(C)C)N2C(=O)C(N)[C@H]2SC1. The highest BCUT2D eigenvalue weighted by Gasteiger charge is 2.51. The molecule has 7 heteroatoms. The van der Waals surface area contributed by atoms with Gasteiger partial charge in [0.05, 0.1) is 0 Å². The molecule has 0 aromatic rings. The number of nitrogens with two attached hydrogens (primary N) is 1. The van der Waals surface area contributed by atoms with Gasteiger partial charge >= 0.3 is 5.97 Å². The van der Waals surface area contributed by atoms with Crippen molar-refractivity contribution >= 4 is 32.0 Å². The lowest BCUT2D eigenvalue weighted by molar-refractivity contribution is -0.147. The van der Waals surface area contributed by atoms with Crippen LogP contribution in [-0.2, 0) is 14.0 Å². The van der Waals surface area contributed by atoms with Gasteiger partial charge in [-0.3, -0.25) is 9.69 Å². The van der Waals surface area contributed by atoms with E-state index < -0.39 is 20.3 Å². The maximum atomic E-state index is 12.3. The average Bonchev–Trinajstić information content (AvgIpc) is 2.33. The van der Waals surface area contributed by atoms with Crippen molar-refractivity contribution < 1.29 is 14.0 Å². The van der Waals surface area contributed by atoms with Crippen molar-refractivity contribution in [2.24, 2.45) is 5.73 Å². The fourth-order valence-corrected chi connectivity index (χ4v) is 3.95. The summed E-state index contributed by atoms with van der Waals surface area (Å²) in [5, 5.41) is -0.152. The zero-order chi connectivity index (χ0) is 14.4. The Morgan fingerprint density at radius 1 is 1.58 bits per heavy atom. The molecule has 0 radical (unpaired) electrons. The minimum absolute atomic E-state index is 0.152. The summed E-state index contributed by atoms with van der Waals surface area (Å²) >= 11 is 1.55. The lowest BCUT2D eigenvalue weighted by Crippen LogP contribution is -2.68. The van der Waals surface area contributed by atoms with Crippen LogP contribution in [0.3, 0.4) is 0 Å². The number of nitrogens with zero attached hydrogens (tertiary/aromatic N) is 1. The third-order valence-corrected chi connectivity index (χ3v) is 5.00. The molecular weight excluding hydrogens is 280 g/mol. The number of thioether (sulfide) groups is 1. The summed E-state index contributed by atoms with van der Waals surface area (Å²) in [5.74, 6) is -0.0272. The van der Waals surface area contributed by atoms with E-state index in [1.165, 1.54) is 4.90 Å². The van der Waals surface area contributed by atoms with Gasteiger partial charge in [0.15, 0.2) is 0 Å². The van der Waals surface area contributed by atoms with E-state index in [1.807, 2.05) is 19.6 Å². The molecule has 5 nitrogen and oxygen atoms in total. The molecule has 104 valence electrons. The quantitative estimate of drug-likeness (QED) is 0.623. The third-order valence-electron chi connectivity index (χ3n) is 2.88. The second kappa shape index (κ2) is 4.81. The van der Waals surface area contributed by atoms with Gasteiger partial charge in [-0.2, -0.15) is 0 Å². The fraction of sp³-hybridized carbons (Fsp3) is 0.500. The van der Waals surface area contributed by atoms with Crippen LogP contribution in [-0.4, -0.2) is 42.3 Å². The van der Waals surface area contributed by atoms with Gasteiger partial charge in [0, 0.05) is 5.75 Å². The van der Waals surface area contributed by atoms with E-state index in [0.717, 1.165) is 5.57 Å². The van der Waals surface area contributed by atoms with Crippen LogP contribution in [0.4, 0.5) is 0 Å². The molecule has 1 fully saturated rings. The van der Waals surface area contributed by atoms with Crippen molar-refractivity contribution in [1.82, 2.24) is 4.90 Å². The van der Waals surface area contributed by atoms with Crippen molar-refractivity contribution in [3.05, 3.63) is 23.9 Å². The van der Waals surface area contributed by atoms with Gasteiger partial charge < -0.3 is 10.2 Å². The van der Waals surface area contributed by atoms with Gasteiger partial charge in [0.25, 0.3) is 0 Å². The van der Waals surface area contributed by atoms with Crippen LogP contribution in [0.25, 0.3) is 0 Å². The van der Waals surface area contributed by atoms with Crippen molar-refractivity contribution in [2.45, 2.75) is 31.1 Å². The summed E-state index contributed by atoms with van der Waals surface area (Å²) < 4.78 is 5.50. The Kier molecular flexibility index (Phi) is 3.63. The second-order valence-corrected chi connectivity index (χ2v) is 11.0. The van der Waals surface area contributed by atoms with E-state index in [9.17, 15) is 9.59 Å². The van der Waals surface area contributed by atoms with Crippen LogP contribution < -0.4 is 5.73 Å². The first-order valence-electron chi connectivity index (χ1n) is 6.05. The number of hydrogen-bond acceptors (Lipinski definition) is 5. The van der Waals surface area contributed by atoms with Crippen LogP contribution in [0.5, 0.6) is 0 Å². The molecular formula is C12H18N2O3SSi. The summed E-state index contributed by atoms with van der Waals surface area (Å²) in [6.45, 7) is 9.49. The molecule has 19 heavy (non-hydrogen) atoms. The first-order valence-corrected chi connectivity index (χ1v) is 10.5. The maximum Gasteiger partial charge on any atom is 0.342 e. The lowest BCUT2D eigenvalue weighted by atomic mass is 10.0. The van der Waals surface area contributed by atoms with E-state index in [4.69, 9.17) is 10.2 Å². The number of fused-ring (bicyclic) bond motifs is 1. The predicted octanol–water partition coefficient (Wildman–Crippen LogP) is 1.05. The molecule has 2 rings (SSSR count). The van der Waals surface area contributed by atoms with Gasteiger partial charge in [-0.05, 0) is 25.2 Å². The van der Waals surface area contributed by atoms with Crippen LogP contribution in [0, 0.1) is 0 Å². The average molecular weight is 298 g/mol. The second-order valence-electron chi connectivity index (χ2n) is 5.52. The molecule has 0 aromatic heterocycles. The van der Waals surface area contributed by atoms with E-state index in [-0.39, 0.29) is 11.3 Å². The summed E-state index contributed by atoms with van der Waals surface area (Å²) in [7, 11) is -2.01. The molecule has 0 aliphatic carbocycles. The van der Waals surface area contributed by atoms with Crippen molar-refractivity contribution in [2.75, 3.05) is 5.75 Å². The highest BCUT2D eigenvalue weighted by Crippen LogP contribution is 2.40. The largest absolute Gasteiger partial charge is 0.515 e. The number of carbonyl (C=O) groups excluding carboxylic acids is 2. The van der Waals surface area contributed by atoms with Gasteiger partial charge in [-0.15, -0.1) is 11.8 Å². The highest BCUT2D eigenvalue weighted by atomic mass is 32.2. The monoisotopic (exact) mass is 298 g/mol. The van der Waals surface area contributed by atoms with E-state index >= 15 is 0 Å². The molecule has 0 saturated carbocycles. The first-order chi connectivity index (χ1) is 8.76. The molecule has 1 saturated heterocycles. The summed E-state index contributed by atoms with van der Waals surface area (Å²) in [4.78, 5) is 25.6. The smallest absolute Gasteiger partial charge is 0.342 e. The standard InChI is InChI=1S/C12H18N2O3SSi/c1-5-7-6-18-11-8(13)10(15)14(11)9(7)12(16)17-19(2,3)4/h5,8,11H,1,6,13H2,2-4H3/t8?,11-/m1/s1. The van der Waals surface area contributed by atoms with Gasteiger partial charge in [-0.25, -0.2) is 4.79 Å².